The molecular formula is C17H23N3O3. The number of aliphatic carboxylic acids is 1. The Balaban J connectivity index is 2.45. The third-order valence-corrected chi connectivity index (χ3v) is 3.88. The number of hydrogen-bond donors (Lipinski definition) is 2. The SMILES string of the molecule is Cc1c(NC(CC(C)C)C(=O)O)c(=O)n(-c2ccccc2)n1C. The lowest BCUT2D eigenvalue weighted by Gasteiger charge is -2.16. The summed E-state index contributed by atoms with van der Waals surface area (Å²) in [6, 6.07) is 8.49. The molecule has 0 saturated heterocycles. The Labute approximate surface area is 135 Å². The van der Waals surface area contributed by atoms with Gasteiger partial charge in [0.25, 0.3) is 5.56 Å². The van der Waals surface area contributed by atoms with Gasteiger partial charge in [-0.25, -0.2) is 9.48 Å². The second kappa shape index (κ2) is 6.73. The van der Waals surface area contributed by atoms with Gasteiger partial charge < -0.3 is 10.4 Å². The summed E-state index contributed by atoms with van der Waals surface area (Å²) >= 11 is 0. The summed E-state index contributed by atoms with van der Waals surface area (Å²) < 4.78 is 3.26. The zero-order valence-electron chi connectivity index (χ0n) is 13.9. The number of benzene rings is 1. The van der Waals surface area contributed by atoms with Crippen LogP contribution in [0.25, 0.3) is 5.69 Å². The van der Waals surface area contributed by atoms with E-state index in [4.69, 9.17) is 0 Å². The van der Waals surface area contributed by atoms with E-state index in [-0.39, 0.29) is 11.5 Å². The minimum Gasteiger partial charge on any atom is -0.480 e. The average molecular weight is 317 g/mol. The molecule has 6 heteroatoms. The molecule has 0 amide bonds. The number of para-hydroxylation sites is 1. The van der Waals surface area contributed by atoms with E-state index in [0.29, 0.717) is 17.8 Å². The van der Waals surface area contributed by atoms with Crippen LogP contribution in [0.3, 0.4) is 0 Å². The minimum atomic E-state index is -0.951. The fraction of sp³-hybridized carbons (Fsp3) is 0.412. The number of carbonyl (C=O) groups is 1. The van der Waals surface area contributed by atoms with Gasteiger partial charge in [0.05, 0.1) is 11.4 Å². The molecule has 0 aliphatic carbocycles. The molecule has 1 aromatic carbocycles. The van der Waals surface area contributed by atoms with Gasteiger partial charge in [-0.15, -0.1) is 0 Å². The molecule has 6 nitrogen and oxygen atoms in total. The van der Waals surface area contributed by atoms with Crippen molar-refractivity contribution in [2.24, 2.45) is 13.0 Å². The molecule has 0 saturated carbocycles. The number of nitrogens with one attached hydrogen (secondary N) is 1. The Hall–Kier alpha value is -2.50. The van der Waals surface area contributed by atoms with Crippen molar-refractivity contribution in [1.29, 1.82) is 0 Å². The zero-order valence-corrected chi connectivity index (χ0v) is 13.9. The zero-order chi connectivity index (χ0) is 17.1. The van der Waals surface area contributed by atoms with Gasteiger partial charge in [-0.3, -0.25) is 9.48 Å². The molecule has 0 radical (unpaired) electrons. The molecule has 0 fully saturated rings. The van der Waals surface area contributed by atoms with Crippen LogP contribution >= 0.6 is 0 Å². The number of aromatic nitrogens is 2. The van der Waals surface area contributed by atoms with Gasteiger partial charge >= 0.3 is 5.97 Å². The highest BCUT2D eigenvalue weighted by molar-refractivity contribution is 5.77. The first-order valence-electron chi connectivity index (χ1n) is 7.66. The lowest BCUT2D eigenvalue weighted by molar-refractivity contribution is -0.138. The fourth-order valence-corrected chi connectivity index (χ4v) is 2.60. The van der Waals surface area contributed by atoms with Gasteiger partial charge in [0.1, 0.15) is 11.7 Å². The van der Waals surface area contributed by atoms with Crippen LogP contribution in [0.5, 0.6) is 0 Å². The monoisotopic (exact) mass is 317 g/mol. The largest absolute Gasteiger partial charge is 0.480 e. The number of rotatable bonds is 6. The molecule has 124 valence electrons. The van der Waals surface area contributed by atoms with E-state index in [1.807, 2.05) is 44.2 Å². The van der Waals surface area contributed by atoms with Crippen LogP contribution in [0.4, 0.5) is 5.69 Å². The summed E-state index contributed by atoms with van der Waals surface area (Å²) in [6.45, 7) is 5.72. The van der Waals surface area contributed by atoms with Crippen molar-refractivity contribution in [2.75, 3.05) is 5.32 Å². The molecule has 1 aromatic heterocycles. The van der Waals surface area contributed by atoms with E-state index < -0.39 is 12.0 Å². The second-order valence-corrected chi connectivity index (χ2v) is 6.10. The topological polar surface area (TPSA) is 76.3 Å². The molecule has 2 N–H and O–H groups in total. The molecule has 1 atom stereocenters. The lowest BCUT2D eigenvalue weighted by Crippen LogP contribution is -2.33. The maximum atomic E-state index is 12.7. The Bertz CT molecular complexity index is 744. The van der Waals surface area contributed by atoms with E-state index >= 15 is 0 Å². The van der Waals surface area contributed by atoms with Crippen LogP contribution < -0.4 is 10.9 Å². The van der Waals surface area contributed by atoms with E-state index in [9.17, 15) is 14.7 Å². The molecule has 2 aromatic rings. The average Bonchev–Trinajstić information content (AvgIpc) is 2.70. The molecule has 0 spiro atoms. The lowest BCUT2D eigenvalue weighted by atomic mass is 10.0. The van der Waals surface area contributed by atoms with Crippen molar-refractivity contribution >= 4 is 11.7 Å². The van der Waals surface area contributed by atoms with Gasteiger partial charge in [-0.1, -0.05) is 32.0 Å². The highest BCUT2D eigenvalue weighted by atomic mass is 16.4. The third kappa shape index (κ3) is 3.47. The molecule has 0 aliphatic heterocycles. The van der Waals surface area contributed by atoms with Gasteiger partial charge in [0, 0.05) is 7.05 Å². The number of anilines is 1. The van der Waals surface area contributed by atoms with Crippen molar-refractivity contribution in [1.82, 2.24) is 9.36 Å². The molecular weight excluding hydrogens is 294 g/mol. The summed E-state index contributed by atoms with van der Waals surface area (Å²) in [7, 11) is 1.78. The molecule has 2 rings (SSSR count). The highest BCUT2D eigenvalue weighted by Crippen LogP contribution is 2.17. The summed E-state index contributed by atoms with van der Waals surface area (Å²) in [4.78, 5) is 24.2. The van der Waals surface area contributed by atoms with Crippen LogP contribution in [0, 0.1) is 12.8 Å². The Morgan fingerprint density at radius 1 is 1.26 bits per heavy atom. The van der Waals surface area contributed by atoms with Crippen LogP contribution in [0.1, 0.15) is 26.0 Å². The van der Waals surface area contributed by atoms with E-state index in [0.717, 1.165) is 5.69 Å². The van der Waals surface area contributed by atoms with E-state index in [2.05, 4.69) is 5.32 Å². The van der Waals surface area contributed by atoms with Crippen molar-refractivity contribution in [3.05, 3.63) is 46.4 Å². The maximum absolute atomic E-state index is 12.7. The third-order valence-electron chi connectivity index (χ3n) is 3.88. The Morgan fingerprint density at radius 2 is 1.87 bits per heavy atom. The van der Waals surface area contributed by atoms with Gasteiger partial charge in [0.2, 0.25) is 0 Å². The van der Waals surface area contributed by atoms with Crippen molar-refractivity contribution in [2.45, 2.75) is 33.2 Å². The molecule has 1 heterocycles. The summed E-state index contributed by atoms with van der Waals surface area (Å²) in [5.74, 6) is -0.739. The smallest absolute Gasteiger partial charge is 0.326 e. The fourth-order valence-electron chi connectivity index (χ4n) is 2.60. The first-order chi connectivity index (χ1) is 10.8. The van der Waals surface area contributed by atoms with Crippen LogP contribution in [0.2, 0.25) is 0 Å². The predicted molar refractivity (Wildman–Crippen MR) is 90.2 cm³/mol. The van der Waals surface area contributed by atoms with Gasteiger partial charge in [-0.05, 0) is 31.4 Å². The normalized spacial score (nSPS) is 12.4. The number of carboxylic acid groups (broad SMARTS) is 1. The summed E-state index contributed by atoms with van der Waals surface area (Å²) in [6.07, 6.45) is 0.453. The van der Waals surface area contributed by atoms with Crippen molar-refractivity contribution < 1.29 is 9.90 Å². The summed E-state index contributed by atoms with van der Waals surface area (Å²) in [5.41, 5.74) is 1.54. The van der Waals surface area contributed by atoms with Gasteiger partial charge in [0.15, 0.2) is 0 Å². The van der Waals surface area contributed by atoms with Crippen molar-refractivity contribution in [3.8, 4) is 5.69 Å². The second-order valence-electron chi connectivity index (χ2n) is 6.10. The highest BCUT2D eigenvalue weighted by Gasteiger charge is 2.23. The molecule has 23 heavy (non-hydrogen) atoms. The molecule has 1 unspecified atom stereocenters. The Morgan fingerprint density at radius 3 is 2.39 bits per heavy atom. The number of nitrogens with zero attached hydrogens (tertiary/aromatic N) is 2. The Kier molecular flexibility index (Phi) is 4.93. The number of carboxylic acids is 1. The van der Waals surface area contributed by atoms with Crippen LogP contribution in [-0.2, 0) is 11.8 Å². The minimum absolute atomic E-state index is 0.212. The molecule has 0 aliphatic rings. The number of hydrogen-bond acceptors (Lipinski definition) is 3. The predicted octanol–water partition coefficient (Wildman–Crippen LogP) is 2.40. The van der Waals surface area contributed by atoms with Crippen LogP contribution in [0.15, 0.2) is 35.1 Å². The first kappa shape index (κ1) is 16.9. The quantitative estimate of drug-likeness (QED) is 0.858. The first-order valence-corrected chi connectivity index (χ1v) is 7.66. The van der Waals surface area contributed by atoms with E-state index in [1.165, 1.54) is 4.68 Å². The molecule has 0 bridgehead atoms. The van der Waals surface area contributed by atoms with Crippen molar-refractivity contribution in [3.63, 3.8) is 0 Å². The standard InChI is InChI=1S/C17H23N3O3/c1-11(2)10-14(17(22)23)18-15-12(3)19(4)20(16(15)21)13-8-6-5-7-9-13/h5-9,11,14,18H,10H2,1-4H3,(H,22,23). The van der Waals surface area contributed by atoms with Crippen LogP contribution in [-0.4, -0.2) is 26.5 Å². The van der Waals surface area contributed by atoms with Gasteiger partial charge in [-0.2, -0.15) is 0 Å². The summed E-state index contributed by atoms with van der Waals surface area (Å²) in [5, 5.41) is 12.3. The van der Waals surface area contributed by atoms with E-state index in [1.54, 1.807) is 18.7 Å². The maximum Gasteiger partial charge on any atom is 0.326 e.